The first-order chi connectivity index (χ1) is 17.3. The number of alkyl halides is 2. The van der Waals surface area contributed by atoms with Crippen LogP contribution in [0.3, 0.4) is 0 Å². The van der Waals surface area contributed by atoms with Gasteiger partial charge in [0, 0.05) is 10.9 Å². The highest BCUT2D eigenvalue weighted by Crippen LogP contribution is 2.31. The molecule has 3 aromatic carbocycles. The Kier molecular flexibility index (Phi) is 6.73. The third kappa shape index (κ3) is 5.61. The molecule has 4 rings (SSSR count). The predicted octanol–water partition coefficient (Wildman–Crippen LogP) is 6.99. The number of aromatic nitrogens is 1. The van der Waals surface area contributed by atoms with Crippen LogP contribution in [0.5, 0.6) is 5.75 Å². The molecule has 0 amide bonds. The molecule has 6 nitrogen and oxygen atoms in total. The Morgan fingerprint density at radius 1 is 0.892 bits per heavy atom. The van der Waals surface area contributed by atoms with Gasteiger partial charge in [-0.15, -0.1) is 0 Å². The van der Waals surface area contributed by atoms with E-state index in [4.69, 9.17) is 14.6 Å². The van der Waals surface area contributed by atoms with E-state index >= 15 is 0 Å². The van der Waals surface area contributed by atoms with Crippen LogP contribution in [0.1, 0.15) is 32.0 Å². The second-order valence-corrected chi connectivity index (χ2v) is 9.42. The first-order valence-corrected chi connectivity index (χ1v) is 11.3. The van der Waals surface area contributed by atoms with E-state index in [1.807, 2.05) is 0 Å². The maximum Gasteiger partial charge on any atom is 0.419 e. The molecule has 0 aliphatic carbocycles. The molecule has 0 aliphatic heterocycles. The normalized spacial score (nSPS) is 11.9. The SMILES string of the molecule is CC(C)(C)OC(=O)n1c(COc2ccc(-c3ccc(C(F)(F)C(=O)O)cc3)cc2)cc2ccc(F)cc21. The minimum absolute atomic E-state index is 0.00609. The number of fused-ring (bicyclic) bond motifs is 1. The van der Waals surface area contributed by atoms with Gasteiger partial charge in [0.1, 0.15) is 23.8 Å². The van der Waals surface area contributed by atoms with Gasteiger partial charge in [-0.3, -0.25) is 0 Å². The number of halogens is 3. The van der Waals surface area contributed by atoms with Crippen LogP contribution in [0.4, 0.5) is 18.0 Å². The molecule has 4 aromatic rings. The molecule has 1 N–H and O–H groups in total. The van der Waals surface area contributed by atoms with Crippen LogP contribution < -0.4 is 4.74 Å². The summed E-state index contributed by atoms with van der Waals surface area (Å²) in [4.78, 5) is 23.6. The fraction of sp³-hybridized carbons (Fsp3) is 0.214. The standard InChI is InChI=1S/C28H24F3NO5/c1-27(2,3)37-26(35)32-22(14-19-6-11-21(29)15-24(19)32)16-36-23-12-7-18(8-13-23)17-4-9-20(10-5-17)28(30,31)25(33)34/h4-15H,16H2,1-3H3,(H,33,34). The molecular formula is C28H24F3NO5. The second-order valence-electron chi connectivity index (χ2n) is 9.42. The van der Waals surface area contributed by atoms with Gasteiger partial charge in [0.15, 0.2) is 0 Å². The van der Waals surface area contributed by atoms with Crippen LogP contribution in [0.15, 0.2) is 72.8 Å². The van der Waals surface area contributed by atoms with Crippen LogP contribution in [0.25, 0.3) is 22.0 Å². The molecule has 37 heavy (non-hydrogen) atoms. The Hall–Kier alpha value is -4.27. The van der Waals surface area contributed by atoms with Crippen molar-refractivity contribution in [3.05, 3.63) is 89.9 Å². The van der Waals surface area contributed by atoms with Crippen molar-refractivity contribution in [2.24, 2.45) is 0 Å². The lowest BCUT2D eigenvalue weighted by Gasteiger charge is -2.21. The average Bonchev–Trinajstić information content (AvgIpc) is 3.19. The van der Waals surface area contributed by atoms with Crippen molar-refractivity contribution < 1.29 is 37.3 Å². The molecule has 9 heteroatoms. The number of aliphatic carboxylic acids is 1. The minimum Gasteiger partial charge on any atom is -0.487 e. The Morgan fingerprint density at radius 2 is 1.49 bits per heavy atom. The molecule has 0 radical (unpaired) electrons. The highest BCUT2D eigenvalue weighted by Gasteiger charge is 2.40. The number of benzene rings is 3. The second kappa shape index (κ2) is 9.65. The molecule has 0 aliphatic rings. The summed E-state index contributed by atoms with van der Waals surface area (Å²) >= 11 is 0. The summed E-state index contributed by atoms with van der Waals surface area (Å²) in [5.74, 6) is -6.19. The fourth-order valence-electron chi connectivity index (χ4n) is 3.76. The zero-order chi connectivity index (χ0) is 27.0. The molecule has 0 bridgehead atoms. The highest BCUT2D eigenvalue weighted by atomic mass is 19.3. The summed E-state index contributed by atoms with van der Waals surface area (Å²) < 4.78 is 53.9. The zero-order valence-corrected chi connectivity index (χ0v) is 20.3. The van der Waals surface area contributed by atoms with Crippen molar-refractivity contribution in [3.63, 3.8) is 0 Å². The molecule has 0 atom stereocenters. The van der Waals surface area contributed by atoms with Gasteiger partial charge in [0.2, 0.25) is 0 Å². The largest absolute Gasteiger partial charge is 0.487 e. The molecule has 192 valence electrons. The number of carbonyl (C=O) groups is 2. The first kappa shape index (κ1) is 25.8. The van der Waals surface area contributed by atoms with Crippen LogP contribution in [-0.2, 0) is 22.1 Å². The number of carboxylic acid groups (broad SMARTS) is 1. The van der Waals surface area contributed by atoms with E-state index in [-0.39, 0.29) is 6.61 Å². The number of carboxylic acids is 1. The Balaban J connectivity index is 1.53. The van der Waals surface area contributed by atoms with Gasteiger partial charge in [-0.05, 0) is 68.3 Å². The monoisotopic (exact) mass is 511 g/mol. The molecule has 0 saturated carbocycles. The predicted molar refractivity (Wildman–Crippen MR) is 131 cm³/mol. The van der Waals surface area contributed by atoms with Crippen molar-refractivity contribution in [2.75, 3.05) is 0 Å². The van der Waals surface area contributed by atoms with Crippen molar-refractivity contribution in [2.45, 2.75) is 38.9 Å². The minimum atomic E-state index is -3.97. The maximum absolute atomic E-state index is 13.9. The number of rotatable bonds is 6. The van der Waals surface area contributed by atoms with Crippen molar-refractivity contribution in [1.82, 2.24) is 4.57 Å². The number of nitrogens with zero attached hydrogens (tertiary/aromatic N) is 1. The highest BCUT2D eigenvalue weighted by molar-refractivity contribution is 5.91. The Bertz CT molecular complexity index is 1450. The van der Waals surface area contributed by atoms with Crippen molar-refractivity contribution in [3.8, 4) is 16.9 Å². The number of carbonyl (C=O) groups excluding carboxylic acids is 1. The van der Waals surface area contributed by atoms with E-state index in [9.17, 15) is 22.8 Å². The molecule has 0 spiro atoms. The van der Waals surface area contributed by atoms with Gasteiger partial charge >= 0.3 is 18.0 Å². The number of hydrogen-bond acceptors (Lipinski definition) is 4. The van der Waals surface area contributed by atoms with E-state index in [0.29, 0.717) is 33.5 Å². The molecule has 1 heterocycles. The van der Waals surface area contributed by atoms with Gasteiger partial charge in [-0.25, -0.2) is 18.5 Å². The molecule has 0 saturated heterocycles. The van der Waals surface area contributed by atoms with E-state index < -0.39 is 35.0 Å². The molecule has 0 unspecified atom stereocenters. The van der Waals surface area contributed by atoms with Crippen LogP contribution in [-0.4, -0.2) is 27.3 Å². The van der Waals surface area contributed by atoms with Gasteiger partial charge in [-0.1, -0.05) is 36.4 Å². The van der Waals surface area contributed by atoms with E-state index in [2.05, 4.69) is 0 Å². The number of ether oxygens (including phenoxy) is 2. The summed E-state index contributed by atoms with van der Waals surface area (Å²) in [6.45, 7) is 5.20. The molecular weight excluding hydrogens is 487 g/mol. The summed E-state index contributed by atoms with van der Waals surface area (Å²) in [5, 5.41) is 9.34. The van der Waals surface area contributed by atoms with Crippen LogP contribution in [0, 0.1) is 5.82 Å². The molecule has 1 aromatic heterocycles. The smallest absolute Gasteiger partial charge is 0.419 e. The summed E-state index contributed by atoms with van der Waals surface area (Å²) in [6.07, 6.45) is -0.654. The average molecular weight is 511 g/mol. The Labute approximate surface area is 210 Å². The van der Waals surface area contributed by atoms with Gasteiger partial charge < -0.3 is 14.6 Å². The summed E-state index contributed by atoms with van der Waals surface area (Å²) in [7, 11) is 0. The third-order valence-electron chi connectivity index (χ3n) is 5.51. The number of hydrogen-bond donors (Lipinski definition) is 1. The van der Waals surface area contributed by atoms with E-state index in [1.54, 1.807) is 57.2 Å². The summed E-state index contributed by atoms with van der Waals surface area (Å²) in [5.41, 5.74) is 0.786. The van der Waals surface area contributed by atoms with Crippen LogP contribution in [0.2, 0.25) is 0 Å². The lowest BCUT2D eigenvalue weighted by Crippen LogP contribution is -2.28. The van der Waals surface area contributed by atoms with Gasteiger partial charge in [0.05, 0.1) is 11.2 Å². The molecule has 0 fully saturated rings. The van der Waals surface area contributed by atoms with Gasteiger partial charge in [-0.2, -0.15) is 8.78 Å². The quantitative estimate of drug-likeness (QED) is 0.302. The lowest BCUT2D eigenvalue weighted by molar-refractivity contribution is -0.166. The third-order valence-corrected chi connectivity index (χ3v) is 5.51. The van der Waals surface area contributed by atoms with E-state index in [0.717, 1.165) is 12.1 Å². The fourth-order valence-corrected chi connectivity index (χ4v) is 3.76. The zero-order valence-electron chi connectivity index (χ0n) is 20.3. The van der Waals surface area contributed by atoms with Gasteiger partial charge in [0.25, 0.3) is 0 Å². The van der Waals surface area contributed by atoms with Crippen molar-refractivity contribution >= 4 is 23.0 Å². The lowest BCUT2D eigenvalue weighted by atomic mass is 10.0. The van der Waals surface area contributed by atoms with Crippen LogP contribution >= 0.6 is 0 Å². The maximum atomic E-state index is 13.9. The summed E-state index contributed by atoms with van der Waals surface area (Å²) in [6, 6.07) is 17.6. The van der Waals surface area contributed by atoms with Crippen molar-refractivity contribution in [1.29, 1.82) is 0 Å². The topological polar surface area (TPSA) is 77.8 Å². The van der Waals surface area contributed by atoms with E-state index in [1.165, 1.54) is 28.8 Å². The Morgan fingerprint density at radius 3 is 2.05 bits per heavy atom. The first-order valence-electron chi connectivity index (χ1n) is 11.3.